The van der Waals surface area contributed by atoms with Crippen LogP contribution in [0.4, 0.5) is 4.79 Å². The zero-order valence-electron chi connectivity index (χ0n) is 17.6. The first-order valence-electron chi connectivity index (χ1n) is 10.2. The first-order chi connectivity index (χ1) is 13.1. The number of methoxy groups -OCH3 is 1. The van der Waals surface area contributed by atoms with Gasteiger partial charge in [-0.05, 0) is 57.8 Å². The Labute approximate surface area is 167 Å². The van der Waals surface area contributed by atoms with Crippen LogP contribution in [-0.4, -0.2) is 49.6 Å². The van der Waals surface area contributed by atoms with Crippen LogP contribution in [0.1, 0.15) is 53.4 Å². The summed E-state index contributed by atoms with van der Waals surface area (Å²) in [5.41, 5.74) is 6.51. The second kappa shape index (κ2) is 7.67. The number of nitrogens with one attached hydrogen (secondary N) is 1. The number of ether oxygens (including phenoxy) is 3. The van der Waals surface area contributed by atoms with Crippen molar-refractivity contribution in [1.82, 2.24) is 5.32 Å². The van der Waals surface area contributed by atoms with E-state index >= 15 is 0 Å². The minimum Gasteiger partial charge on any atom is -0.443 e. The zero-order valence-corrected chi connectivity index (χ0v) is 17.6. The summed E-state index contributed by atoms with van der Waals surface area (Å²) in [6.45, 7) is 8.85. The van der Waals surface area contributed by atoms with Crippen LogP contribution in [0.3, 0.4) is 0 Å². The summed E-state index contributed by atoms with van der Waals surface area (Å²) in [6.07, 6.45) is 4.79. The van der Waals surface area contributed by atoms with Crippen LogP contribution in [0.15, 0.2) is 11.6 Å². The molecule has 1 saturated heterocycles. The molecule has 0 aromatic heterocycles. The largest absolute Gasteiger partial charge is 0.443 e. The molecular weight excluding hydrogens is 360 g/mol. The van der Waals surface area contributed by atoms with E-state index in [4.69, 9.17) is 19.9 Å². The van der Waals surface area contributed by atoms with Crippen molar-refractivity contribution in [3.8, 4) is 0 Å². The molecule has 1 spiro atoms. The van der Waals surface area contributed by atoms with Crippen LogP contribution in [0, 0.1) is 17.3 Å². The molecular formula is C21H34N2O5. The van der Waals surface area contributed by atoms with Crippen LogP contribution in [0.25, 0.3) is 0 Å². The molecule has 0 radical (unpaired) electrons. The van der Waals surface area contributed by atoms with Gasteiger partial charge in [0, 0.05) is 13.0 Å². The molecule has 3 rings (SSSR count). The highest BCUT2D eigenvalue weighted by Crippen LogP contribution is 2.68. The molecule has 0 bridgehead atoms. The zero-order chi connectivity index (χ0) is 20.7. The summed E-state index contributed by atoms with van der Waals surface area (Å²) >= 11 is 0. The Balaban J connectivity index is 1.71. The van der Waals surface area contributed by atoms with Gasteiger partial charge in [0.25, 0.3) is 0 Å². The number of epoxide rings is 1. The lowest BCUT2D eigenvalue weighted by Gasteiger charge is -2.44. The second-order valence-corrected chi connectivity index (χ2v) is 9.21. The van der Waals surface area contributed by atoms with E-state index in [-0.39, 0.29) is 29.1 Å². The molecule has 0 aromatic carbocycles. The van der Waals surface area contributed by atoms with Gasteiger partial charge in [0.05, 0.1) is 12.2 Å². The molecule has 2 amide bonds. The molecule has 158 valence electrons. The summed E-state index contributed by atoms with van der Waals surface area (Å²) < 4.78 is 17.5. The molecule has 3 N–H and O–H groups in total. The average molecular weight is 395 g/mol. The fourth-order valence-electron chi connectivity index (χ4n) is 5.03. The summed E-state index contributed by atoms with van der Waals surface area (Å²) in [6, 6.07) is -0.777. The van der Waals surface area contributed by atoms with Crippen molar-refractivity contribution >= 4 is 12.0 Å². The maximum Gasteiger partial charge on any atom is 0.408 e. The molecule has 7 heteroatoms. The smallest absolute Gasteiger partial charge is 0.408 e. The Morgan fingerprint density at radius 3 is 2.61 bits per heavy atom. The SMILES string of the molecule is CO[C@@H]1[C@H](OC(=O)N[C@H](C)C(N)=O)CC[C@]2(CO2)[C@H]1[C@@]1(C)C[C@@H]1CC=C(C)C. The predicted octanol–water partition coefficient (Wildman–Crippen LogP) is 2.53. The molecule has 2 saturated carbocycles. The van der Waals surface area contributed by atoms with Crippen molar-refractivity contribution in [2.24, 2.45) is 23.0 Å². The van der Waals surface area contributed by atoms with E-state index in [1.807, 2.05) is 0 Å². The summed E-state index contributed by atoms with van der Waals surface area (Å²) in [7, 11) is 1.68. The monoisotopic (exact) mass is 394 g/mol. The van der Waals surface area contributed by atoms with Crippen molar-refractivity contribution < 1.29 is 23.8 Å². The Kier molecular flexibility index (Phi) is 5.79. The van der Waals surface area contributed by atoms with E-state index < -0.39 is 18.0 Å². The Morgan fingerprint density at radius 1 is 1.39 bits per heavy atom. The fraction of sp³-hybridized carbons (Fsp3) is 0.810. The Hall–Kier alpha value is -1.60. The maximum absolute atomic E-state index is 12.2. The summed E-state index contributed by atoms with van der Waals surface area (Å²) in [4.78, 5) is 23.4. The van der Waals surface area contributed by atoms with Gasteiger partial charge in [0.15, 0.2) is 0 Å². The maximum atomic E-state index is 12.2. The van der Waals surface area contributed by atoms with Crippen molar-refractivity contribution in [2.45, 2.75) is 77.2 Å². The number of nitrogens with two attached hydrogens (primary N) is 1. The van der Waals surface area contributed by atoms with Gasteiger partial charge >= 0.3 is 6.09 Å². The van der Waals surface area contributed by atoms with Crippen molar-refractivity contribution in [3.63, 3.8) is 0 Å². The van der Waals surface area contributed by atoms with Crippen molar-refractivity contribution in [2.75, 3.05) is 13.7 Å². The highest BCUT2D eigenvalue weighted by molar-refractivity contribution is 5.83. The number of carbonyl (C=O) groups is 2. The number of hydrogen-bond donors (Lipinski definition) is 2. The minimum absolute atomic E-state index is 0.113. The number of primary amides is 1. The Morgan fingerprint density at radius 2 is 2.07 bits per heavy atom. The average Bonchev–Trinajstić information content (AvgIpc) is 3.52. The number of allylic oxidation sites excluding steroid dienone is 2. The number of amides is 2. The predicted molar refractivity (Wildman–Crippen MR) is 105 cm³/mol. The lowest BCUT2D eigenvalue weighted by atomic mass is 9.67. The van der Waals surface area contributed by atoms with E-state index in [1.165, 1.54) is 12.5 Å². The number of carbonyl (C=O) groups excluding carboxylic acids is 2. The van der Waals surface area contributed by atoms with E-state index in [0.717, 1.165) is 25.9 Å². The number of alkyl carbamates (subject to hydrolysis) is 1. The van der Waals surface area contributed by atoms with E-state index in [2.05, 4.69) is 32.2 Å². The molecule has 0 aromatic rings. The standard InChI is InChI=1S/C21H34N2O5/c1-12(2)6-7-14-10-20(14,4)17-16(26-5)15(8-9-21(17)11-27-21)28-19(25)23-13(3)18(22)24/h6,13-17H,7-11H2,1-5H3,(H2,22,24)(H,23,25)/t13-,14+,15-,16-,17-,20+,21+/m1/s1. The minimum atomic E-state index is -0.777. The summed E-state index contributed by atoms with van der Waals surface area (Å²) in [5.74, 6) is 0.175. The third-order valence-corrected chi connectivity index (χ3v) is 6.90. The third-order valence-electron chi connectivity index (χ3n) is 6.90. The topological polar surface area (TPSA) is 103 Å². The van der Waals surface area contributed by atoms with Gasteiger partial charge in [-0.3, -0.25) is 4.79 Å². The van der Waals surface area contributed by atoms with Crippen molar-refractivity contribution in [3.05, 3.63) is 11.6 Å². The molecule has 2 aliphatic carbocycles. The van der Waals surface area contributed by atoms with Gasteiger partial charge in [-0.1, -0.05) is 18.6 Å². The third kappa shape index (κ3) is 4.06. The first kappa shape index (κ1) is 21.1. The normalized spacial score (nSPS) is 39.8. The molecule has 3 aliphatic rings. The van der Waals surface area contributed by atoms with Crippen LogP contribution in [0.2, 0.25) is 0 Å². The van der Waals surface area contributed by atoms with Crippen LogP contribution in [-0.2, 0) is 19.0 Å². The molecule has 7 atom stereocenters. The molecule has 7 nitrogen and oxygen atoms in total. The van der Waals surface area contributed by atoms with Gasteiger partial charge < -0.3 is 25.3 Å². The van der Waals surface area contributed by atoms with Gasteiger partial charge in [0.2, 0.25) is 5.91 Å². The highest BCUT2D eigenvalue weighted by Gasteiger charge is 2.70. The van der Waals surface area contributed by atoms with Crippen LogP contribution >= 0.6 is 0 Å². The van der Waals surface area contributed by atoms with E-state index in [0.29, 0.717) is 12.3 Å². The van der Waals surface area contributed by atoms with Crippen molar-refractivity contribution in [1.29, 1.82) is 0 Å². The quantitative estimate of drug-likeness (QED) is 0.510. The fourth-order valence-corrected chi connectivity index (χ4v) is 5.03. The molecule has 28 heavy (non-hydrogen) atoms. The second-order valence-electron chi connectivity index (χ2n) is 9.21. The lowest BCUT2D eigenvalue weighted by molar-refractivity contribution is -0.123. The van der Waals surface area contributed by atoms with Gasteiger partial charge in [-0.25, -0.2) is 4.79 Å². The van der Waals surface area contributed by atoms with E-state index in [1.54, 1.807) is 7.11 Å². The van der Waals surface area contributed by atoms with Crippen LogP contribution in [0.5, 0.6) is 0 Å². The Bertz CT molecular complexity index is 655. The highest BCUT2D eigenvalue weighted by atomic mass is 16.6. The van der Waals surface area contributed by atoms with Gasteiger partial charge in [-0.15, -0.1) is 0 Å². The van der Waals surface area contributed by atoms with Gasteiger partial charge in [-0.2, -0.15) is 0 Å². The molecule has 0 unspecified atom stereocenters. The number of rotatable bonds is 7. The molecule has 1 aliphatic heterocycles. The van der Waals surface area contributed by atoms with Gasteiger partial charge in [0.1, 0.15) is 18.2 Å². The van der Waals surface area contributed by atoms with Crippen LogP contribution < -0.4 is 11.1 Å². The lowest BCUT2D eigenvalue weighted by Crippen LogP contribution is -2.54. The summed E-state index contributed by atoms with van der Waals surface area (Å²) in [5, 5.41) is 2.49. The number of hydrogen-bond acceptors (Lipinski definition) is 5. The molecule has 1 heterocycles. The first-order valence-corrected chi connectivity index (χ1v) is 10.2. The molecule has 3 fully saturated rings. The van der Waals surface area contributed by atoms with E-state index in [9.17, 15) is 9.59 Å².